The van der Waals surface area contributed by atoms with Crippen molar-refractivity contribution in [1.82, 2.24) is 0 Å². The third-order valence-corrected chi connectivity index (χ3v) is 15.3. The quantitative estimate of drug-likeness (QED) is 0.0261. The zero-order chi connectivity index (χ0) is 55.7. The summed E-state index contributed by atoms with van der Waals surface area (Å²) in [6.45, 7) is 6.67. The van der Waals surface area contributed by atoms with Crippen molar-refractivity contribution in [2.75, 3.05) is 13.2 Å². The third-order valence-electron chi connectivity index (χ3n) is 15.3. The van der Waals surface area contributed by atoms with Crippen LogP contribution in [0.3, 0.4) is 0 Å². The van der Waals surface area contributed by atoms with E-state index in [-0.39, 0.29) is 31.1 Å². The molecule has 0 aromatic heterocycles. The van der Waals surface area contributed by atoms with Gasteiger partial charge in [0, 0.05) is 19.3 Å². The first-order chi connectivity index (χ1) is 38.0. The van der Waals surface area contributed by atoms with Gasteiger partial charge in [0.1, 0.15) is 13.2 Å². The second-order valence-corrected chi connectivity index (χ2v) is 23.1. The molecule has 1 unspecified atom stereocenters. The number of esters is 3. The number of carbonyl (C=O) groups excluding carboxylic acids is 3. The Kier molecular flexibility index (Phi) is 63.6. The van der Waals surface area contributed by atoms with Gasteiger partial charge in [0.25, 0.3) is 0 Å². The molecule has 0 saturated heterocycles. The first kappa shape index (κ1) is 74.4. The minimum atomic E-state index is -0.777. The summed E-state index contributed by atoms with van der Waals surface area (Å²) in [5.41, 5.74) is 0. The highest BCUT2D eigenvalue weighted by Gasteiger charge is 2.19. The number of carbonyl (C=O) groups is 3. The highest BCUT2D eigenvalue weighted by atomic mass is 16.6. The summed E-state index contributed by atoms with van der Waals surface area (Å²) in [7, 11) is 0. The molecule has 0 fully saturated rings. The molecular weight excluding hydrogens is 949 g/mol. The van der Waals surface area contributed by atoms with Gasteiger partial charge >= 0.3 is 17.9 Å². The summed E-state index contributed by atoms with van der Waals surface area (Å²) in [4.78, 5) is 38.4. The molecule has 0 aliphatic heterocycles. The van der Waals surface area contributed by atoms with Crippen LogP contribution in [0.25, 0.3) is 0 Å². The molecule has 0 N–H and O–H groups in total. The summed E-state index contributed by atoms with van der Waals surface area (Å²) in [5, 5.41) is 0. The number of hydrogen-bond acceptors (Lipinski definition) is 6. The summed E-state index contributed by atoms with van der Waals surface area (Å²) in [6, 6.07) is 0. The first-order valence-electron chi connectivity index (χ1n) is 34.1. The predicted octanol–water partition coefficient (Wildman–Crippen LogP) is 23.3. The van der Waals surface area contributed by atoms with Crippen molar-refractivity contribution in [3.8, 4) is 0 Å². The van der Waals surface area contributed by atoms with Gasteiger partial charge in [-0.05, 0) is 83.5 Å². The Labute approximate surface area is 479 Å². The molecule has 0 saturated carbocycles. The monoisotopic (exact) mass is 1080 g/mol. The van der Waals surface area contributed by atoms with Gasteiger partial charge in [-0.25, -0.2) is 0 Å². The molecule has 0 bridgehead atoms. The maximum Gasteiger partial charge on any atom is 0.306 e. The molecule has 0 amide bonds. The number of unbranched alkanes of at least 4 members (excludes halogenated alkanes) is 44. The lowest BCUT2D eigenvalue weighted by Crippen LogP contribution is -2.30. The highest BCUT2D eigenvalue weighted by Crippen LogP contribution is 2.18. The Balaban J connectivity index is 4.34. The number of rotatable bonds is 63. The van der Waals surface area contributed by atoms with Crippen LogP contribution in [-0.2, 0) is 28.6 Å². The summed E-state index contributed by atoms with van der Waals surface area (Å²) >= 11 is 0. The largest absolute Gasteiger partial charge is 0.462 e. The molecule has 450 valence electrons. The van der Waals surface area contributed by atoms with Crippen molar-refractivity contribution < 1.29 is 28.6 Å². The zero-order valence-corrected chi connectivity index (χ0v) is 51.7. The molecule has 0 radical (unpaired) electrons. The van der Waals surface area contributed by atoms with Gasteiger partial charge in [0.2, 0.25) is 0 Å². The van der Waals surface area contributed by atoms with Gasteiger partial charge in [-0.1, -0.05) is 313 Å². The van der Waals surface area contributed by atoms with Crippen LogP contribution in [0, 0.1) is 0 Å². The van der Waals surface area contributed by atoms with Crippen LogP contribution in [0.1, 0.15) is 367 Å². The second kappa shape index (κ2) is 65.9. The Bertz CT molecular complexity index is 1330. The van der Waals surface area contributed by atoms with Crippen LogP contribution in [0.15, 0.2) is 48.6 Å². The van der Waals surface area contributed by atoms with E-state index in [0.717, 1.165) is 70.6 Å². The number of allylic oxidation sites excluding steroid dienone is 8. The van der Waals surface area contributed by atoms with Gasteiger partial charge in [-0.2, -0.15) is 0 Å². The smallest absolute Gasteiger partial charge is 0.306 e. The summed E-state index contributed by atoms with van der Waals surface area (Å²) in [5.74, 6) is -0.855. The van der Waals surface area contributed by atoms with Crippen LogP contribution in [0.2, 0.25) is 0 Å². The van der Waals surface area contributed by atoms with Crippen LogP contribution in [0.4, 0.5) is 0 Å². The Morgan fingerprint density at radius 3 is 0.740 bits per heavy atom. The van der Waals surface area contributed by atoms with E-state index in [1.54, 1.807) is 0 Å². The molecular formula is C71H130O6. The van der Waals surface area contributed by atoms with Gasteiger partial charge < -0.3 is 14.2 Å². The molecule has 1 atom stereocenters. The van der Waals surface area contributed by atoms with Gasteiger partial charge in [-0.3, -0.25) is 14.4 Å². The lowest BCUT2D eigenvalue weighted by molar-refractivity contribution is -0.167. The van der Waals surface area contributed by atoms with Crippen molar-refractivity contribution in [3.63, 3.8) is 0 Å². The molecule has 0 rings (SSSR count). The predicted molar refractivity (Wildman–Crippen MR) is 335 cm³/mol. The average molecular weight is 1080 g/mol. The Hall–Kier alpha value is -2.63. The molecule has 0 aliphatic carbocycles. The molecule has 0 aromatic carbocycles. The van der Waals surface area contributed by atoms with E-state index in [1.165, 1.54) is 257 Å². The molecule has 0 aliphatic rings. The average Bonchev–Trinajstić information content (AvgIpc) is 3.43. The second-order valence-electron chi connectivity index (χ2n) is 23.1. The summed E-state index contributed by atoms with van der Waals surface area (Å²) in [6.07, 6.45) is 82.6. The molecule has 77 heavy (non-hydrogen) atoms. The standard InChI is InChI=1S/C71H130O6/c1-4-7-10-13-16-19-22-25-28-31-34-35-38-40-43-46-49-52-55-58-61-64-70(73)76-67-68(77-71(74)65-62-59-56-53-50-47-44-41-37-33-30-27-24-21-18-15-12-9-6-3)66-75-69(72)63-60-57-54-51-48-45-42-39-36-32-29-26-23-20-17-14-11-8-5-2/h18,21-22,25,27,30-31,34,68H,4-17,19-20,23-24,26,28-29,32-33,35-67H2,1-3H3/b21-18-,25-22-,30-27-,34-31-. The minimum absolute atomic E-state index is 0.0720. The van der Waals surface area contributed by atoms with Gasteiger partial charge in [-0.15, -0.1) is 0 Å². The molecule has 0 spiro atoms. The molecule has 0 aromatic rings. The first-order valence-corrected chi connectivity index (χ1v) is 34.1. The fourth-order valence-corrected chi connectivity index (χ4v) is 10.2. The van der Waals surface area contributed by atoms with E-state index in [9.17, 15) is 14.4 Å². The molecule has 0 heterocycles. The normalized spacial score (nSPS) is 12.3. The molecule has 6 heteroatoms. The van der Waals surface area contributed by atoms with Gasteiger partial charge in [0.15, 0.2) is 6.10 Å². The van der Waals surface area contributed by atoms with Crippen LogP contribution in [-0.4, -0.2) is 37.2 Å². The highest BCUT2D eigenvalue weighted by molar-refractivity contribution is 5.71. The van der Waals surface area contributed by atoms with E-state index in [4.69, 9.17) is 14.2 Å². The molecule has 6 nitrogen and oxygen atoms in total. The maximum atomic E-state index is 12.9. The lowest BCUT2D eigenvalue weighted by atomic mass is 10.0. The SMILES string of the molecule is CCCCC/C=C\C/C=C\CCCCCCCCCCCC(=O)OC(COC(=O)CCCCCCCCCCC/C=C\C/C=C\CCCCCCC)COC(=O)CCCCCCCCCCCCCCCCCCCCC. The fourth-order valence-electron chi connectivity index (χ4n) is 10.2. The van der Waals surface area contributed by atoms with E-state index in [2.05, 4.69) is 69.4 Å². The van der Waals surface area contributed by atoms with Gasteiger partial charge in [0.05, 0.1) is 0 Å². The number of ether oxygens (including phenoxy) is 3. The van der Waals surface area contributed by atoms with Crippen molar-refractivity contribution in [2.45, 2.75) is 374 Å². The summed E-state index contributed by atoms with van der Waals surface area (Å²) < 4.78 is 17.0. The van der Waals surface area contributed by atoms with E-state index >= 15 is 0 Å². The van der Waals surface area contributed by atoms with Crippen molar-refractivity contribution in [2.24, 2.45) is 0 Å². The minimum Gasteiger partial charge on any atom is -0.462 e. The lowest BCUT2D eigenvalue weighted by Gasteiger charge is -2.18. The van der Waals surface area contributed by atoms with E-state index in [0.29, 0.717) is 19.3 Å². The fraction of sp³-hybridized carbons (Fsp3) is 0.845. The Morgan fingerprint density at radius 1 is 0.260 bits per heavy atom. The van der Waals surface area contributed by atoms with Crippen molar-refractivity contribution >= 4 is 17.9 Å². The maximum absolute atomic E-state index is 12.9. The van der Waals surface area contributed by atoms with E-state index < -0.39 is 6.10 Å². The van der Waals surface area contributed by atoms with Crippen molar-refractivity contribution in [3.05, 3.63) is 48.6 Å². The third kappa shape index (κ3) is 64.1. The van der Waals surface area contributed by atoms with Crippen LogP contribution < -0.4 is 0 Å². The van der Waals surface area contributed by atoms with Crippen LogP contribution >= 0.6 is 0 Å². The van der Waals surface area contributed by atoms with Crippen molar-refractivity contribution in [1.29, 1.82) is 0 Å². The van der Waals surface area contributed by atoms with Crippen LogP contribution in [0.5, 0.6) is 0 Å². The number of hydrogen-bond donors (Lipinski definition) is 0. The Morgan fingerprint density at radius 2 is 0.468 bits per heavy atom. The topological polar surface area (TPSA) is 78.9 Å². The zero-order valence-electron chi connectivity index (χ0n) is 51.7. The van der Waals surface area contributed by atoms with E-state index in [1.807, 2.05) is 0 Å².